The molecular formula is C49H51NO15. The van der Waals surface area contributed by atoms with Crippen molar-refractivity contribution in [3.05, 3.63) is 119 Å². The van der Waals surface area contributed by atoms with Gasteiger partial charge in [0.05, 0.1) is 23.5 Å². The summed E-state index contributed by atoms with van der Waals surface area (Å²) in [6.07, 6.45) is -9.39. The van der Waals surface area contributed by atoms with Crippen molar-refractivity contribution in [2.45, 2.75) is 109 Å². The second kappa shape index (κ2) is 17.5. The summed E-state index contributed by atoms with van der Waals surface area (Å²) < 4.78 is 36.0. The third kappa shape index (κ3) is 8.03. The molecular weight excluding hydrogens is 843 g/mol. The number of hydrogen-bond acceptors (Lipinski definition) is 15. The van der Waals surface area contributed by atoms with Gasteiger partial charge >= 0.3 is 29.8 Å². The van der Waals surface area contributed by atoms with Crippen molar-refractivity contribution in [2.24, 2.45) is 16.7 Å². The highest BCUT2D eigenvalue weighted by Crippen LogP contribution is 2.63. The molecule has 0 spiro atoms. The van der Waals surface area contributed by atoms with E-state index in [1.54, 1.807) is 78.9 Å². The summed E-state index contributed by atoms with van der Waals surface area (Å²) in [7, 11) is 0. The van der Waals surface area contributed by atoms with Gasteiger partial charge in [0.1, 0.15) is 35.7 Å². The Bertz CT molecular complexity index is 2450. The molecule has 1 heterocycles. The Morgan fingerprint density at radius 2 is 1.35 bits per heavy atom. The van der Waals surface area contributed by atoms with Crippen LogP contribution in [0.3, 0.4) is 0 Å². The van der Waals surface area contributed by atoms with Gasteiger partial charge in [0.25, 0.3) is 5.91 Å². The van der Waals surface area contributed by atoms with Gasteiger partial charge in [0.15, 0.2) is 17.5 Å². The van der Waals surface area contributed by atoms with E-state index in [4.69, 9.17) is 28.4 Å². The van der Waals surface area contributed by atoms with Gasteiger partial charge in [-0.15, -0.1) is 0 Å². The van der Waals surface area contributed by atoms with E-state index in [1.165, 1.54) is 39.8 Å². The molecule has 1 amide bonds. The zero-order valence-corrected chi connectivity index (χ0v) is 37.0. The lowest BCUT2D eigenvalue weighted by atomic mass is 9.45. The number of hydrogen-bond donors (Lipinski definition) is 2. The number of esters is 5. The summed E-state index contributed by atoms with van der Waals surface area (Å²) in [5.41, 5.74) is -7.64. The lowest BCUT2D eigenvalue weighted by Crippen LogP contribution is -2.81. The molecule has 2 saturated carbocycles. The molecule has 3 aromatic rings. The van der Waals surface area contributed by atoms with E-state index in [1.807, 2.05) is 0 Å². The summed E-state index contributed by atoms with van der Waals surface area (Å²) >= 11 is 0. The number of ketones is 2. The van der Waals surface area contributed by atoms with Crippen LogP contribution in [-0.4, -0.2) is 101 Å². The van der Waals surface area contributed by atoms with Crippen LogP contribution in [-0.2, 0) is 57.2 Å². The third-order valence-corrected chi connectivity index (χ3v) is 13.5. The standard InChI is InChI=1S/C49H51NO15/c1-26-33(63-45(58)39(62-28(3)52)37(30-17-11-8-12-18-30)50-43(56)31-19-13-9-14-20-31)24-49(59)42(64-44(57)32-21-15-10-16-22-32)40-47(7,34(54)23-35-48(40,25-60-35)65-29(4)53)41(55)38(61-27(2)51)36(26)46(49,5)6/h8-22,33,35,37-40,42,59H,23-25H2,1-7H3,(H,50,56)/t33-,35+,37-,38+,39+,40-,42-,47+,48-,49+/m0/s1. The smallest absolute Gasteiger partial charge is 0.350 e. The van der Waals surface area contributed by atoms with Crippen molar-refractivity contribution in [1.29, 1.82) is 0 Å². The van der Waals surface area contributed by atoms with E-state index >= 15 is 4.79 Å². The Morgan fingerprint density at radius 1 is 0.769 bits per heavy atom. The predicted octanol–water partition coefficient (Wildman–Crippen LogP) is 4.51. The van der Waals surface area contributed by atoms with E-state index in [0.717, 1.165) is 20.8 Å². The zero-order valence-electron chi connectivity index (χ0n) is 37.0. The lowest BCUT2D eigenvalue weighted by molar-refractivity contribution is -0.322. The summed E-state index contributed by atoms with van der Waals surface area (Å²) in [5.74, 6) is -8.82. The van der Waals surface area contributed by atoms with Crippen LogP contribution in [0.2, 0.25) is 0 Å². The van der Waals surface area contributed by atoms with Crippen molar-refractivity contribution in [2.75, 3.05) is 6.61 Å². The second-order valence-corrected chi connectivity index (χ2v) is 17.7. The molecule has 0 aromatic heterocycles. The van der Waals surface area contributed by atoms with Gasteiger partial charge in [0.2, 0.25) is 6.10 Å². The largest absolute Gasteiger partial charge is 0.455 e. The molecule has 2 N–H and O–H groups in total. The highest BCUT2D eigenvalue weighted by atomic mass is 16.6. The van der Waals surface area contributed by atoms with Gasteiger partial charge in [-0.1, -0.05) is 80.6 Å². The highest BCUT2D eigenvalue weighted by molar-refractivity contribution is 6.12. The minimum Gasteiger partial charge on any atom is -0.455 e. The molecule has 3 fully saturated rings. The van der Waals surface area contributed by atoms with Crippen LogP contribution in [0.1, 0.15) is 93.6 Å². The molecule has 1 saturated heterocycles. The molecule has 65 heavy (non-hydrogen) atoms. The van der Waals surface area contributed by atoms with Gasteiger partial charge in [-0.2, -0.15) is 0 Å². The van der Waals surface area contributed by atoms with Crippen molar-refractivity contribution in [1.82, 2.24) is 5.32 Å². The van der Waals surface area contributed by atoms with Crippen LogP contribution in [0.5, 0.6) is 0 Å². The Hall–Kier alpha value is -6.52. The number of ether oxygens (including phenoxy) is 6. The van der Waals surface area contributed by atoms with E-state index in [0.29, 0.717) is 5.56 Å². The molecule has 10 atom stereocenters. The number of Topliss-reactive ketones (excluding diaryl/α,β-unsaturated/α-hetero) is 2. The maximum Gasteiger partial charge on any atom is 0.350 e. The lowest BCUT2D eigenvalue weighted by Gasteiger charge is -2.65. The van der Waals surface area contributed by atoms with Crippen LogP contribution >= 0.6 is 0 Å². The molecule has 3 aromatic carbocycles. The maximum absolute atomic E-state index is 15.5. The first kappa shape index (κ1) is 46.5. The van der Waals surface area contributed by atoms with Crippen molar-refractivity contribution < 1.29 is 71.9 Å². The number of fused-ring (bicyclic) bond motifs is 5. The van der Waals surface area contributed by atoms with Gasteiger partial charge < -0.3 is 38.8 Å². The molecule has 16 nitrogen and oxygen atoms in total. The Balaban J connectivity index is 1.42. The summed E-state index contributed by atoms with van der Waals surface area (Å²) in [6.45, 7) is 8.73. The number of nitrogens with one attached hydrogen (secondary N) is 1. The quantitative estimate of drug-likeness (QED) is 0.117. The van der Waals surface area contributed by atoms with E-state index in [2.05, 4.69) is 5.32 Å². The number of carbonyl (C=O) groups excluding carboxylic acids is 8. The minimum absolute atomic E-state index is 0.0336. The molecule has 2 bridgehead atoms. The molecule has 1 aliphatic heterocycles. The van der Waals surface area contributed by atoms with Gasteiger partial charge in [-0.05, 0) is 54.8 Å². The van der Waals surface area contributed by atoms with Crippen molar-refractivity contribution in [3.63, 3.8) is 0 Å². The average molecular weight is 894 g/mol. The third-order valence-electron chi connectivity index (χ3n) is 13.5. The van der Waals surface area contributed by atoms with E-state index in [9.17, 15) is 38.7 Å². The molecule has 0 radical (unpaired) electrons. The summed E-state index contributed by atoms with van der Waals surface area (Å²) in [4.78, 5) is 112. The van der Waals surface area contributed by atoms with Crippen LogP contribution in [0.15, 0.2) is 102 Å². The normalized spacial score (nSPS) is 29.7. The number of carbonyl (C=O) groups is 8. The summed E-state index contributed by atoms with van der Waals surface area (Å²) in [6, 6.07) is 22.7. The van der Waals surface area contributed by atoms with E-state index in [-0.39, 0.29) is 28.9 Å². The first-order valence-electron chi connectivity index (χ1n) is 21.2. The number of benzene rings is 3. The Morgan fingerprint density at radius 3 is 1.89 bits per heavy atom. The number of aliphatic hydroxyl groups is 1. The van der Waals surface area contributed by atoms with Gasteiger partial charge in [-0.3, -0.25) is 28.8 Å². The molecule has 3 aliphatic carbocycles. The highest BCUT2D eigenvalue weighted by Gasteiger charge is 2.78. The van der Waals surface area contributed by atoms with Crippen LogP contribution in [0.25, 0.3) is 0 Å². The first-order chi connectivity index (χ1) is 30.7. The van der Waals surface area contributed by atoms with Gasteiger partial charge in [-0.25, -0.2) is 9.59 Å². The fourth-order valence-electron chi connectivity index (χ4n) is 10.3. The predicted molar refractivity (Wildman–Crippen MR) is 226 cm³/mol. The Kier molecular flexibility index (Phi) is 12.5. The molecule has 4 aliphatic rings. The average Bonchev–Trinajstić information content (AvgIpc) is 3.26. The fraction of sp³-hybridized carbons (Fsp3) is 0.429. The SMILES string of the molecule is CC(=O)O[C@H]1C(=O)[C@]2(C)C(=O)C[C@H]3OC[C@@]3(OC(C)=O)[C@H]2[C@H](OC(=O)c2ccccc2)[C@]2(O)C[C@H](OC(=O)[C@H](OC(C)=O)[C@@H](NC(=O)c3ccccc3)c3ccccc3)C(C)=C1C2(C)C. The molecule has 7 rings (SSSR count). The second-order valence-electron chi connectivity index (χ2n) is 17.7. The topological polar surface area (TPSA) is 224 Å². The van der Waals surface area contributed by atoms with Crippen molar-refractivity contribution in [3.8, 4) is 0 Å². The first-order valence-corrected chi connectivity index (χ1v) is 21.2. The zero-order chi connectivity index (χ0) is 47.2. The monoisotopic (exact) mass is 893 g/mol. The number of rotatable bonds is 11. The Labute approximate surface area is 374 Å². The van der Waals surface area contributed by atoms with Crippen molar-refractivity contribution >= 4 is 47.3 Å². The molecule has 342 valence electrons. The fourth-order valence-corrected chi connectivity index (χ4v) is 10.3. The van der Waals surface area contributed by atoms with Gasteiger partial charge in [0, 0.05) is 44.6 Å². The van der Waals surface area contributed by atoms with Crippen LogP contribution in [0.4, 0.5) is 0 Å². The van der Waals surface area contributed by atoms with Crippen LogP contribution < -0.4 is 5.32 Å². The molecule has 0 unspecified atom stereocenters. The van der Waals surface area contributed by atoms with Crippen LogP contribution in [0, 0.1) is 16.7 Å². The number of amides is 1. The molecule has 16 heteroatoms. The summed E-state index contributed by atoms with van der Waals surface area (Å²) in [5, 5.41) is 16.6. The maximum atomic E-state index is 15.5. The van der Waals surface area contributed by atoms with E-state index < -0.39 is 125 Å². The minimum atomic E-state index is -2.47.